The molecule has 0 aliphatic carbocycles. The molecule has 2 aromatic heterocycles. The SMILES string of the molecule is CC(=O)/C=C(/C)O.[CH3][Ge]([CH3])([CH3])[c]1ccc2oc3cnc(-c4[c-]cccc4)cc3c2c1.[Ir]. The summed E-state index contributed by atoms with van der Waals surface area (Å²) in [6.45, 7) is 2.85. The third-order valence-electron chi connectivity index (χ3n) is 4.62. The molecule has 0 spiro atoms. The van der Waals surface area contributed by atoms with Gasteiger partial charge in [0.1, 0.15) is 0 Å². The van der Waals surface area contributed by atoms with E-state index in [1.54, 1.807) is 0 Å². The Morgan fingerprint density at radius 1 is 1.06 bits per heavy atom. The maximum atomic E-state index is 10.0. The van der Waals surface area contributed by atoms with E-state index in [9.17, 15) is 4.79 Å². The Morgan fingerprint density at radius 2 is 1.77 bits per heavy atom. The largest absolute Gasteiger partial charge is 0 e. The van der Waals surface area contributed by atoms with Gasteiger partial charge in [0.25, 0.3) is 0 Å². The molecule has 4 aromatic rings. The monoisotopic (exact) mass is 655 g/mol. The first-order chi connectivity index (χ1) is 14.1. The third-order valence-corrected chi connectivity index (χ3v) is 8.91. The zero-order valence-electron chi connectivity index (χ0n) is 18.3. The molecule has 2 aromatic carbocycles. The van der Waals surface area contributed by atoms with Crippen LogP contribution in [0.25, 0.3) is 33.2 Å². The first kappa shape index (κ1) is 25.1. The van der Waals surface area contributed by atoms with Gasteiger partial charge in [-0.1, -0.05) is 0 Å². The standard InChI is InChI=1S/C20H18GeNO.C5H8O2.Ir/c1-21(2,3)15-9-10-19-16(11-15)17-12-18(22-13-20(17)23-19)14-7-5-4-6-8-14;1-4(6)3-5(2)7;/h4-7,9-13H,1-3H3;3,6H,1-2H3;/q-1;;/b;4-3-;. The molecule has 0 aliphatic rings. The number of aliphatic hydroxyl groups is 1. The molecule has 4 nitrogen and oxygen atoms in total. The number of nitrogens with zero attached hydrogens (tertiary/aromatic N) is 1. The topological polar surface area (TPSA) is 63.3 Å². The van der Waals surface area contributed by atoms with Crippen LogP contribution in [0.1, 0.15) is 13.8 Å². The van der Waals surface area contributed by atoms with Crippen molar-refractivity contribution in [3.05, 3.63) is 72.6 Å². The second kappa shape index (κ2) is 10.4. The van der Waals surface area contributed by atoms with Gasteiger partial charge in [-0.05, 0) is 13.8 Å². The van der Waals surface area contributed by atoms with E-state index >= 15 is 0 Å². The first-order valence-corrected chi connectivity index (χ1v) is 17.2. The van der Waals surface area contributed by atoms with Crippen molar-refractivity contribution >= 4 is 45.4 Å². The third kappa shape index (κ3) is 6.39. The number of ketones is 1. The smallest absolute Gasteiger partial charge is 0 e. The van der Waals surface area contributed by atoms with E-state index in [1.807, 2.05) is 30.5 Å². The molecule has 0 saturated heterocycles. The van der Waals surface area contributed by atoms with E-state index in [0.717, 1.165) is 27.8 Å². The van der Waals surface area contributed by atoms with Crippen molar-refractivity contribution in [2.75, 3.05) is 0 Å². The number of benzene rings is 2. The first-order valence-electron chi connectivity index (χ1n) is 9.83. The van der Waals surface area contributed by atoms with Crippen LogP contribution in [0.3, 0.4) is 0 Å². The fourth-order valence-corrected chi connectivity index (χ4v) is 5.58. The van der Waals surface area contributed by atoms with Crippen molar-refractivity contribution in [2.24, 2.45) is 0 Å². The molecule has 6 heteroatoms. The van der Waals surface area contributed by atoms with Crippen molar-refractivity contribution in [3.63, 3.8) is 0 Å². The molecule has 1 radical (unpaired) electrons. The normalized spacial score (nSPS) is 11.6. The summed E-state index contributed by atoms with van der Waals surface area (Å²) in [7, 11) is 0. The summed E-state index contributed by atoms with van der Waals surface area (Å²) in [6, 6.07) is 19.9. The minimum Gasteiger partial charge on any atom is 0 e. The van der Waals surface area contributed by atoms with E-state index < -0.39 is 13.3 Å². The number of hydrogen-bond acceptors (Lipinski definition) is 4. The molecular formula is C25H26GeIrNO3-. The Bertz CT molecular complexity index is 1220. The molecule has 0 atom stereocenters. The van der Waals surface area contributed by atoms with Crippen molar-refractivity contribution in [2.45, 2.75) is 31.1 Å². The van der Waals surface area contributed by atoms with Gasteiger partial charge in [-0.2, -0.15) is 0 Å². The van der Waals surface area contributed by atoms with Gasteiger partial charge in [0.05, 0.1) is 5.76 Å². The maximum absolute atomic E-state index is 10.0. The Morgan fingerprint density at radius 3 is 2.32 bits per heavy atom. The van der Waals surface area contributed by atoms with E-state index in [1.165, 1.54) is 29.7 Å². The van der Waals surface area contributed by atoms with Crippen LogP contribution in [0.2, 0.25) is 17.3 Å². The number of allylic oxidation sites excluding steroid dienone is 2. The maximum Gasteiger partial charge on any atom is 0 e. The number of carbonyl (C=O) groups is 1. The van der Waals surface area contributed by atoms with Crippen molar-refractivity contribution in [3.8, 4) is 11.3 Å². The number of carbonyl (C=O) groups excluding carboxylic acids is 1. The molecule has 0 bridgehead atoms. The van der Waals surface area contributed by atoms with Gasteiger partial charge < -0.3 is 5.11 Å². The Hall–Kier alpha value is -2.21. The van der Waals surface area contributed by atoms with Crippen LogP contribution >= 0.6 is 0 Å². The van der Waals surface area contributed by atoms with Crippen LogP contribution in [0.15, 0.2) is 71.0 Å². The minimum absolute atomic E-state index is 0. The quantitative estimate of drug-likeness (QED) is 0.127. The summed E-state index contributed by atoms with van der Waals surface area (Å²) >= 11 is -1.86. The van der Waals surface area contributed by atoms with Crippen LogP contribution in [0, 0.1) is 6.07 Å². The number of hydrogen-bond donors (Lipinski definition) is 1. The van der Waals surface area contributed by atoms with Crippen LogP contribution < -0.4 is 4.40 Å². The molecule has 0 fully saturated rings. The van der Waals surface area contributed by atoms with Gasteiger partial charge in [0.2, 0.25) is 0 Å². The zero-order valence-corrected chi connectivity index (χ0v) is 22.8. The predicted molar refractivity (Wildman–Crippen MR) is 126 cm³/mol. The molecule has 0 unspecified atom stereocenters. The molecule has 0 aliphatic heterocycles. The summed E-state index contributed by atoms with van der Waals surface area (Å²) in [4.78, 5) is 14.5. The van der Waals surface area contributed by atoms with Crippen LogP contribution in [0.5, 0.6) is 0 Å². The van der Waals surface area contributed by atoms with E-state index in [-0.39, 0.29) is 31.6 Å². The number of fused-ring (bicyclic) bond motifs is 3. The molecule has 31 heavy (non-hydrogen) atoms. The van der Waals surface area contributed by atoms with Gasteiger partial charge in [-0.3, -0.25) is 4.79 Å². The summed E-state index contributed by atoms with van der Waals surface area (Å²) in [6.07, 6.45) is 2.99. The van der Waals surface area contributed by atoms with Gasteiger partial charge in [-0.25, -0.2) is 0 Å². The number of aromatic nitrogens is 1. The van der Waals surface area contributed by atoms with E-state index in [4.69, 9.17) is 9.52 Å². The van der Waals surface area contributed by atoms with E-state index in [0.29, 0.717) is 0 Å². The Labute approximate surface area is 199 Å². The molecule has 163 valence electrons. The zero-order chi connectivity index (χ0) is 21.9. The summed E-state index contributed by atoms with van der Waals surface area (Å²) in [5.41, 5.74) is 3.72. The van der Waals surface area contributed by atoms with Crippen molar-refractivity contribution < 1.29 is 34.4 Å². The Balaban J connectivity index is 0.000000373. The second-order valence-electron chi connectivity index (χ2n) is 8.30. The molecule has 4 rings (SSSR count). The number of furan rings is 1. The fourth-order valence-electron chi connectivity index (χ4n) is 3.14. The van der Waals surface area contributed by atoms with Crippen LogP contribution in [0.4, 0.5) is 0 Å². The second-order valence-corrected chi connectivity index (χ2v) is 19.0. The number of aliphatic hydroxyl groups excluding tert-OH is 1. The molecular weight excluding hydrogens is 627 g/mol. The van der Waals surface area contributed by atoms with Crippen molar-refractivity contribution in [1.82, 2.24) is 4.98 Å². The van der Waals surface area contributed by atoms with Crippen molar-refractivity contribution in [1.29, 1.82) is 0 Å². The number of pyridine rings is 1. The van der Waals surface area contributed by atoms with Gasteiger partial charge >= 0.3 is 138 Å². The van der Waals surface area contributed by atoms with Gasteiger partial charge in [0.15, 0.2) is 5.78 Å². The van der Waals surface area contributed by atoms with E-state index in [2.05, 4.69) is 52.6 Å². The molecule has 0 amide bonds. The van der Waals surface area contributed by atoms with Gasteiger partial charge in [-0.15, -0.1) is 0 Å². The van der Waals surface area contributed by atoms with Crippen LogP contribution in [-0.4, -0.2) is 29.1 Å². The van der Waals surface area contributed by atoms with Gasteiger partial charge in [0, 0.05) is 26.2 Å². The summed E-state index contributed by atoms with van der Waals surface area (Å²) in [5.74, 6) is 7.17. The average molecular weight is 653 g/mol. The van der Waals surface area contributed by atoms with Crippen LogP contribution in [-0.2, 0) is 24.9 Å². The minimum atomic E-state index is -1.86. The summed E-state index contributed by atoms with van der Waals surface area (Å²) < 4.78 is 7.45. The summed E-state index contributed by atoms with van der Waals surface area (Å²) in [5, 5.41) is 10.7. The molecule has 0 saturated carbocycles. The predicted octanol–water partition coefficient (Wildman–Crippen LogP) is 6.03. The Kier molecular flexibility index (Phi) is 8.41. The molecule has 1 N–H and O–H groups in total. The average Bonchev–Trinajstić information content (AvgIpc) is 3.04. The molecule has 2 heterocycles. The number of rotatable bonds is 3. The fraction of sp³-hybridized carbons (Fsp3) is 0.200.